The Hall–Kier alpha value is -1.02. The molecule has 0 aliphatic heterocycles. The van der Waals surface area contributed by atoms with Crippen LogP contribution in [0.3, 0.4) is 0 Å². The van der Waals surface area contributed by atoms with Crippen molar-refractivity contribution < 1.29 is 17.5 Å². The van der Waals surface area contributed by atoms with Gasteiger partial charge in [-0.1, -0.05) is 6.07 Å². The van der Waals surface area contributed by atoms with Crippen LogP contribution in [-0.2, 0) is 21.3 Å². The second kappa shape index (κ2) is 6.62. The molecule has 1 aliphatic rings. The monoisotopic (exact) mass is 302 g/mol. The first-order valence-electron chi connectivity index (χ1n) is 6.53. The number of sulfonamides is 1. The van der Waals surface area contributed by atoms with E-state index < -0.39 is 15.8 Å². The summed E-state index contributed by atoms with van der Waals surface area (Å²) in [5.74, 6) is -0.563. The van der Waals surface area contributed by atoms with E-state index in [0.29, 0.717) is 18.2 Å². The number of benzene rings is 1. The van der Waals surface area contributed by atoms with Crippen molar-refractivity contribution in [3.05, 3.63) is 29.6 Å². The number of hydrogen-bond acceptors (Lipinski definition) is 4. The Balaban J connectivity index is 2.15. The lowest BCUT2D eigenvalue weighted by Crippen LogP contribution is -2.29. The number of hydrogen-bond donors (Lipinski definition) is 2. The van der Waals surface area contributed by atoms with Crippen LogP contribution in [0, 0.1) is 5.82 Å². The van der Waals surface area contributed by atoms with Crippen LogP contribution in [-0.4, -0.2) is 34.7 Å². The van der Waals surface area contributed by atoms with Crippen LogP contribution in [0.5, 0.6) is 0 Å². The van der Waals surface area contributed by atoms with Gasteiger partial charge < -0.3 is 10.1 Å². The van der Waals surface area contributed by atoms with Crippen molar-refractivity contribution in [3.63, 3.8) is 0 Å². The first-order valence-corrected chi connectivity index (χ1v) is 8.01. The zero-order valence-electron chi connectivity index (χ0n) is 11.4. The molecule has 0 unspecified atom stereocenters. The summed E-state index contributed by atoms with van der Waals surface area (Å²) in [6, 6.07) is 4.30. The minimum Gasteiger partial charge on any atom is -0.383 e. The van der Waals surface area contributed by atoms with E-state index in [9.17, 15) is 12.8 Å². The minimum atomic E-state index is -3.72. The van der Waals surface area contributed by atoms with Gasteiger partial charge in [-0.2, -0.15) is 0 Å². The SMILES string of the molecule is COCCNS(=O)(=O)c1cc(F)ccc1CNC1CC1. The molecule has 0 radical (unpaired) electrons. The van der Waals surface area contributed by atoms with Gasteiger partial charge >= 0.3 is 0 Å². The first-order chi connectivity index (χ1) is 9.53. The smallest absolute Gasteiger partial charge is 0.241 e. The highest BCUT2D eigenvalue weighted by Gasteiger charge is 2.23. The third-order valence-electron chi connectivity index (χ3n) is 3.08. The Morgan fingerprint density at radius 3 is 2.80 bits per heavy atom. The Morgan fingerprint density at radius 2 is 2.15 bits per heavy atom. The quantitative estimate of drug-likeness (QED) is 0.703. The normalized spacial score (nSPS) is 15.5. The van der Waals surface area contributed by atoms with E-state index in [0.717, 1.165) is 18.9 Å². The zero-order valence-corrected chi connectivity index (χ0v) is 12.2. The van der Waals surface area contributed by atoms with Crippen LogP contribution >= 0.6 is 0 Å². The van der Waals surface area contributed by atoms with E-state index in [1.54, 1.807) is 0 Å². The van der Waals surface area contributed by atoms with Crippen molar-refractivity contribution in [2.75, 3.05) is 20.3 Å². The summed E-state index contributed by atoms with van der Waals surface area (Å²) in [6.45, 7) is 0.848. The lowest BCUT2D eigenvalue weighted by atomic mass is 10.2. The largest absolute Gasteiger partial charge is 0.383 e. The van der Waals surface area contributed by atoms with Crippen LogP contribution in [0.2, 0.25) is 0 Å². The van der Waals surface area contributed by atoms with E-state index in [1.165, 1.54) is 19.2 Å². The lowest BCUT2D eigenvalue weighted by molar-refractivity contribution is 0.204. The minimum absolute atomic E-state index is 0.0123. The molecule has 1 aromatic rings. The topological polar surface area (TPSA) is 67.4 Å². The molecule has 0 bridgehead atoms. The van der Waals surface area contributed by atoms with Gasteiger partial charge in [0, 0.05) is 26.2 Å². The molecule has 0 amide bonds. The molecule has 0 spiro atoms. The van der Waals surface area contributed by atoms with E-state index >= 15 is 0 Å². The first kappa shape index (κ1) is 15.4. The predicted octanol–water partition coefficient (Wildman–Crippen LogP) is 1.00. The van der Waals surface area contributed by atoms with Gasteiger partial charge in [0.15, 0.2) is 0 Å². The van der Waals surface area contributed by atoms with E-state index in [2.05, 4.69) is 10.0 Å². The molecule has 0 heterocycles. The van der Waals surface area contributed by atoms with Crippen molar-refractivity contribution in [1.29, 1.82) is 0 Å². The van der Waals surface area contributed by atoms with Gasteiger partial charge in [-0.25, -0.2) is 17.5 Å². The lowest BCUT2D eigenvalue weighted by Gasteiger charge is -2.12. The van der Waals surface area contributed by atoms with E-state index in [-0.39, 0.29) is 18.0 Å². The van der Waals surface area contributed by atoms with Gasteiger partial charge in [0.1, 0.15) is 5.82 Å². The highest BCUT2D eigenvalue weighted by molar-refractivity contribution is 7.89. The summed E-state index contributed by atoms with van der Waals surface area (Å²) in [5, 5.41) is 3.23. The van der Waals surface area contributed by atoms with Crippen molar-refractivity contribution in [3.8, 4) is 0 Å². The molecule has 1 saturated carbocycles. The fourth-order valence-corrected chi connectivity index (χ4v) is 3.08. The second-order valence-corrected chi connectivity index (χ2v) is 6.53. The average Bonchev–Trinajstić information content (AvgIpc) is 3.21. The van der Waals surface area contributed by atoms with Crippen molar-refractivity contribution in [2.45, 2.75) is 30.3 Å². The summed E-state index contributed by atoms with van der Waals surface area (Å²) < 4.78 is 44.9. The Kier molecular flexibility index (Phi) is 5.09. The maximum Gasteiger partial charge on any atom is 0.241 e. The van der Waals surface area contributed by atoms with Crippen molar-refractivity contribution in [1.82, 2.24) is 10.0 Å². The molecule has 2 rings (SSSR count). The summed E-state index contributed by atoms with van der Waals surface area (Å²) in [6.07, 6.45) is 2.21. The van der Waals surface area contributed by atoms with E-state index in [4.69, 9.17) is 4.74 Å². The molecule has 0 atom stereocenters. The number of nitrogens with one attached hydrogen (secondary N) is 2. The van der Waals surface area contributed by atoms with Crippen molar-refractivity contribution in [2.24, 2.45) is 0 Å². The molecule has 20 heavy (non-hydrogen) atoms. The number of methoxy groups -OCH3 is 1. The third-order valence-corrected chi connectivity index (χ3v) is 4.62. The molecule has 112 valence electrons. The maximum atomic E-state index is 13.3. The third kappa shape index (κ3) is 4.24. The van der Waals surface area contributed by atoms with Crippen LogP contribution < -0.4 is 10.0 Å². The van der Waals surface area contributed by atoms with E-state index in [1.807, 2.05) is 0 Å². The zero-order chi connectivity index (χ0) is 14.6. The van der Waals surface area contributed by atoms with Gasteiger partial charge in [0.2, 0.25) is 10.0 Å². The highest BCUT2D eigenvalue weighted by atomic mass is 32.2. The Labute approximate surface area is 118 Å². The Morgan fingerprint density at radius 1 is 1.40 bits per heavy atom. The number of ether oxygens (including phenoxy) is 1. The fraction of sp³-hybridized carbons (Fsp3) is 0.538. The summed E-state index contributed by atoms with van der Waals surface area (Å²) in [5.41, 5.74) is 0.572. The molecule has 0 aromatic heterocycles. The molecule has 1 aliphatic carbocycles. The van der Waals surface area contributed by atoms with Gasteiger partial charge in [-0.05, 0) is 30.5 Å². The van der Waals surface area contributed by atoms with Gasteiger partial charge in [-0.3, -0.25) is 0 Å². The Bertz CT molecular complexity index is 559. The maximum absolute atomic E-state index is 13.3. The molecule has 5 nitrogen and oxygen atoms in total. The summed E-state index contributed by atoms with van der Waals surface area (Å²) >= 11 is 0. The molecule has 7 heteroatoms. The van der Waals surface area contributed by atoms with Crippen LogP contribution in [0.4, 0.5) is 4.39 Å². The predicted molar refractivity (Wildman–Crippen MR) is 73.3 cm³/mol. The van der Waals surface area contributed by atoms with Crippen LogP contribution in [0.1, 0.15) is 18.4 Å². The summed E-state index contributed by atoms with van der Waals surface area (Å²) in [7, 11) is -2.24. The molecule has 2 N–H and O–H groups in total. The number of halogens is 1. The summed E-state index contributed by atoms with van der Waals surface area (Å²) in [4.78, 5) is -0.0123. The molecule has 0 saturated heterocycles. The molecular weight excluding hydrogens is 283 g/mol. The molecule has 1 fully saturated rings. The standard InChI is InChI=1S/C13H19FN2O3S/c1-19-7-6-16-20(17,18)13-8-11(14)3-2-10(13)9-15-12-4-5-12/h2-3,8,12,15-16H,4-7,9H2,1H3. The van der Waals surface area contributed by atoms with Crippen molar-refractivity contribution >= 4 is 10.0 Å². The van der Waals surface area contributed by atoms with Gasteiger partial charge in [0.25, 0.3) is 0 Å². The molecular formula is C13H19FN2O3S. The second-order valence-electron chi connectivity index (χ2n) is 4.80. The molecule has 1 aromatic carbocycles. The average molecular weight is 302 g/mol. The van der Waals surface area contributed by atoms with Gasteiger partial charge in [-0.15, -0.1) is 0 Å². The highest BCUT2D eigenvalue weighted by Crippen LogP contribution is 2.22. The number of rotatable bonds is 8. The fourth-order valence-electron chi connectivity index (χ4n) is 1.82. The van der Waals surface area contributed by atoms with Crippen LogP contribution in [0.25, 0.3) is 0 Å². The van der Waals surface area contributed by atoms with Crippen LogP contribution in [0.15, 0.2) is 23.1 Å². The van der Waals surface area contributed by atoms with Gasteiger partial charge in [0.05, 0.1) is 11.5 Å².